The minimum Gasteiger partial charge on any atom is -0.394 e. The van der Waals surface area contributed by atoms with E-state index in [1.807, 2.05) is 0 Å². The van der Waals surface area contributed by atoms with Crippen molar-refractivity contribution in [2.45, 2.75) is 38.4 Å². The van der Waals surface area contributed by atoms with E-state index < -0.39 is 0 Å². The molecule has 1 aliphatic heterocycles. The maximum absolute atomic E-state index is 8.91. The Bertz CT molecular complexity index is 171. The molecule has 1 N–H and O–H groups in total. The Morgan fingerprint density at radius 2 is 2.42 bits per heavy atom. The minimum absolute atomic E-state index is 0.0350. The van der Waals surface area contributed by atoms with Crippen molar-refractivity contribution in [1.29, 1.82) is 0 Å². The first-order chi connectivity index (χ1) is 5.77. The van der Waals surface area contributed by atoms with Gasteiger partial charge in [-0.3, -0.25) is 0 Å². The Labute approximate surface area is 73.9 Å². The summed E-state index contributed by atoms with van der Waals surface area (Å²) >= 11 is 0. The van der Waals surface area contributed by atoms with E-state index in [2.05, 4.69) is 12.8 Å². The van der Waals surface area contributed by atoms with Gasteiger partial charge in [0.2, 0.25) is 0 Å². The van der Waals surface area contributed by atoms with Gasteiger partial charge < -0.3 is 9.84 Å². The highest BCUT2D eigenvalue weighted by atomic mass is 16.5. The largest absolute Gasteiger partial charge is 0.394 e. The molecule has 1 rings (SSSR count). The van der Waals surface area contributed by atoms with Crippen LogP contribution in [0.15, 0.2) is 0 Å². The maximum Gasteiger partial charge on any atom is 0.0835 e. The Hall–Kier alpha value is -0.520. The maximum atomic E-state index is 8.91. The van der Waals surface area contributed by atoms with E-state index >= 15 is 0 Å². The number of hydrogen-bond acceptors (Lipinski definition) is 2. The van der Waals surface area contributed by atoms with Crippen molar-refractivity contribution in [3.05, 3.63) is 0 Å². The van der Waals surface area contributed by atoms with Gasteiger partial charge in [0.15, 0.2) is 0 Å². The van der Waals surface area contributed by atoms with Crippen molar-refractivity contribution in [3.63, 3.8) is 0 Å². The first-order valence-corrected chi connectivity index (χ1v) is 4.47. The fourth-order valence-corrected chi connectivity index (χ4v) is 1.66. The van der Waals surface area contributed by atoms with E-state index in [0.29, 0.717) is 5.92 Å². The van der Waals surface area contributed by atoms with Gasteiger partial charge in [0, 0.05) is 6.42 Å². The first kappa shape index (κ1) is 9.57. The minimum atomic E-state index is 0.0350. The molecule has 0 bridgehead atoms. The van der Waals surface area contributed by atoms with Crippen LogP contribution in [0.25, 0.3) is 0 Å². The highest BCUT2D eigenvalue weighted by molar-refractivity contribution is 4.87. The van der Waals surface area contributed by atoms with Gasteiger partial charge in [-0.2, -0.15) is 0 Å². The second kappa shape index (κ2) is 4.49. The molecule has 1 saturated heterocycles. The molecule has 1 aliphatic rings. The number of hydrogen-bond donors (Lipinski definition) is 1. The summed E-state index contributed by atoms with van der Waals surface area (Å²) < 4.78 is 5.58. The monoisotopic (exact) mass is 168 g/mol. The zero-order valence-electron chi connectivity index (χ0n) is 7.49. The molecule has 68 valence electrons. The van der Waals surface area contributed by atoms with E-state index in [1.165, 1.54) is 0 Å². The number of terminal acetylenes is 1. The highest BCUT2D eigenvalue weighted by Crippen LogP contribution is 2.28. The molecule has 0 spiro atoms. The molecular weight excluding hydrogens is 152 g/mol. The third-order valence-electron chi connectivity index (χ3n) is 2.43. The first-order valence-electron chi connectivity index (χ1n) is 4.47. The summed E-state index contributed by atoms with van der Waals surface area (Å²) in [6, 6.07) is 0. The number of rotatable bonds is 3. The third-order valence-corrected chi connectivity index (χ3v) is 2.43. The second-order valence-corrected chi connectivity index (χ2v) is 3.43. The second-order valence-electron chi connectivity index (χ2n) is 3.43. The average Bonchev–Trinajstić information content (AvgIpc) is 2.43. The summed E-state index contributed by atoms with van der Waals surface area (Å²) in [5.41, 5.74) is 0. The van der Waals surface area contributed by atoms with Crippen LogP contribution in [0.4, 0.5) is 0 Å². The lowest BCUT2D eigenvalue weighted by Gasteiger charge is -2.11. The molecule has 1 heterocycles. The average molecular weight is 168 g/mol. The number of ether oxygens (including phenoxy) is 1. The lowest BCUT2D eigenvalue weighted by molar-refractivity contribution is -0.000516. The standard InChI is InChI=1S/C10H16O2/c1-3-4-5-9-6-8(2)10(7-11)12-9/h1,8-11H,4-7H2,2H3/t8?,9-,10+/m0/s1. The van der Waals surface area contributed by atoms with Crippen molar-refractivity contribution in [2.75, 3.05) is 6.61 Å². The predicted octanol–water partition coefficient (Wildman–Crippen LogP) is 1.19. The molecule has 0 aromatic carbocycles. The number of aliphatic hydroxyl groups is 1. The van der Waals surface area contributed by atoms with Crippen LogP contribution in [0, 0.1) is 18.3 Å². The zero-order valence-corrected chi connectivity index (χ0v) is 7.49. The van der Waals surface area contributed by atoms with Crippen molar-refractivity contribution in [1.82, 2.24) is 0 Å². The Balaban J connectivity index is 2.29. The lowest BCUT2D eigenvalue weighted by atomic mass is 10.0. The quantitative estimate of drug-likeness (QED) is 0.641. The van der Waals surface area contributed by atoms with Gasteiger partial charge in [-0.25, -0.2) is 0 Å². The van der Waals surface area contributed by atoms with Crippen LogP contribution in [0.1, 0.15) is 26.2 Å². The molecule has 2 heteroatoms. The lowest BCUT2D eigenvalue weighted by Crippen LogP contribution is -2.18. The predicted molar refractivity (Wildman–Crippen MR) is 47.6 cm³/mol. The van der Waals surface area contributed by atoms with E-state index in [4.69, 9.17) is 16.3 Å². The summed E-state index contributed by atoms with van der Waals surface area (Å²) in [5, 5.41) is 8.91. The van der Waals surface area contributed by atoms with Crippen molar-refractivity contribution >= 4 is 0 Å². The van der Waals surface area contributed by atoms with Crippen molar-refractivity contribution in [3.8, 4) is 12.3 Å². The van der Waals surface area contributed by atoms with Gasteiger partial charge in [0.25, 0.3) is 0 Å². The fourth-order valence-electron chi connectivity index (χ4n) is 1.66. The molecule has 3 atom stereocenters. The van der Waals surface area contributed by atoms with Gasteiger partial charge in [0.05, 0.1) is 18.8 Å². The van der Waals surface area contributed by atoms with Crippen molar-refractivity contribution < 1.29 is 9.84 Å². The summed E-state index contributed by atoms with van der Waals surface area (Å²) in [6.07, 6.45) is 8.20. The highest BCUT2D eigenvalue weighted by Gasteiger charge is 2.30. The van der Waals surface area contributed by atoms with E-state index in [1.54, 1.807) is 0 Å². The van der Waals surface area contributed by atoms with Crippen LogP contribution in [-0.4, -0.2) is 23.9 Å². The zero-order chi connectivity index (χ0) is 8.97. The van der Waals surface area contributed by atoms with Gasteiger partial charge >= 0.3 is 0 Å². The van der Waals surface area contributed by atoms with Crippen LogP contribution in [0.3, 0.4) is 0 Å². The van der Waals surface area contributed by atoms with Gasteiger partial charge in [0.1, 0.15) is 0 Å². The van der Waals surface area contributed by atoms with Gasteiger partial charge in [-0.05, 0) is 18.8 Å². The van der Waals surface area contributed by atoms with Crippen LogP contribution in [-0.2, 0) is 4.74 Å². The molecular formula is C10H16O2. The van der Waals surface area contributed by atoms with Gasteiger partial charge in [-0.1, -0.05) is 6.92 Å². The van der Waals surface area contributed by atoms with E-state index in [9.17, 15) is 0 Å². The van der Waals surface area contributed by atoms with E-state index in [-0.39, 0.29) is 18.8 Å². The van der Waals surface area contributed by atoms with Crippen molar-refractivity contribution in [2.24, 2.45) is 5.92 Å². The fraction of sp³-hybridized carbons (Fsp3) is 0.800. The van der Waals surface area contributed by atoms with Crippen LogP contribution in [0.5, 0.6) is 0 Å². The Morgan fingerprint density at radius 3 is 2.92 bits per heavy atom. The summed E-state index contributed by atoms with van der Waals surface area (Å²) in [6.45, 7) is 2.24. The van der Waals surface area contributed by atoms with Crippen LogP contribution < -0.4 is 0 Å². The number of aliphatic hydroxyl groups excluding tert-OH is 1. The van der Waals surface area contributed by atoms with Crippen LogP contribution >= 0.6 is 0 Å². The smallest absolute Gasteiger partial charge is 0.0835 e. The Morgan fingerprint density at radius 1 is 1.67 bits per heavy atom. The van der Waals surface area contributed by atoms with Crippen LogP contribution in [0.2, 0.25) is 0 Å². The molecule has 1 fully saturated rings. The molecule has 2 nitrogen and oxygen atoms in total. The topological polar surface area (TPSA) is 29.5 Å². The molecule has 0 aliphatic carbocycles. The Kier molecular flexibility index (Phi) is 3.58. The molecule has 0 saturated carbocycles. The summed E-state index contributed by atoms with van der Waals surface area (Å²) in [5.74, 6) is 3.07. The molecule has 1 unspecified atom stereocenters. The molecule has 0 amide bonds. The normalized spacial score (nSPS) is 34.9. The molecule has 0 aromatic rings. The summed E-state index contributed by atoms with van der Waals surface area (Å²) in [4.78, 5) is 0. The van der Waals surface area contributed by atoms with Gasteiger partial charge in [-0.15, -0.1) is 12.3 Å². The summed E-state index contributed by atoms with van der Waals surface area (Å²) in [7, 11) is 0. The molecule has 0 aromatic heterocycles. The third kappa shape index (κ3) is 2.23. The molecule has 12 heavy (non-hydrogen) atoms. The SMILES string of the molecule is C#CCC[C@H]1CC(C)[C@@H](CO)O1. The van der Waals surface area contributed by atoms with E-state index in [0.717, 1.165) is 19.3 Å². The molecule has 0 radical (unpaired) electrons.